The molecule has 1 N–H and O–H groups in total. The molecule has 0 fully saturated rings. The Kier molecular flexibility index (Phi) is 6.92. The molecule has 0 saturated carbocycles. The van der Waals surface area contributed by atoms with Crippen LogP contribution >= 0.6 is 11.8 Å². The highest BCUT2D eigenvalue weighted by Gasteiger charge is 2.46. The summed E-state index contributed by atoms with van der Waals surface area (Å²) in [5, 5.41) is 22.0. The largest absolute Gasteiger partial charge is 0.507 e. The molecule has 0 radical (unpaired) electrons. The first-order valence-corrected chi connectivity index (χ1v) is 10.9. The normalized spacial score (nSPS) is 17.5. The van der Waals surface area contributed by atoms with Gasteiger partial charge in [0.05, 0.1) is 34.3 Å². The summed E-state index contributed by atoms with van der Waals surface area (Å²) < 4.78 is 10.4. The second-order valence-electron chi connectivity index (χ2n) is 7.09. The van der Waals surface area contributed by atoms with Crippen LogP contribution in [0.15, 0.2) is 51.1 Å². The standard InChI is InChI=1S/C22H22N2O8S/c1-5-31-21(27)18-15(20(26)14-9-13(24(29)30)7-8-16(14)25)10-17-23(11(3)12(4)33-17)19(18)22(28)32-6-2/h7-10,19,25H,5-6H2,1-4H3. The van der Waals surface area contributed by atoms with E-state index < -0.39 is 40.1 Å². The maximum absolute atomic E-state index is 13.5. The van der Waals surface area contributed by atoms with Gasteiger partial charge in [0, 0.05) is 28.3 Å². The van der Waals surface area contributed by atoms with Crippen LogP contribution in [-0.2, 0) is 19.1 Å². The number of thioether (sulfide) groups is 1. The Balaban J connectivity index is 2.27. The lowest BCUT2D eigenvalue weighted by molar-refractivity contribution is -0.384. The summed E-state index contributed by atoms with van der Waals surface area (Å²) >= 11 is 1.30. The summed E-state index contributed by atoms with van der Waals surface area (Å²) in [6.07, 6.45) is 1.42. The number of aromatic hydroxyl groups is 1. The van der Waals surface area contributed by atoms with Crippen LogP contribution in [0.4, 0.5) is 5.69 Å². The fraction of sp³-hybridized carbons (Fsp3) is 0.318. The van der Waals surface area contributed by atoms with Gasteiger partial charge in [0.25, 0.3) is 5.69 Å². The number of phenolic OH excluding ortho intramolecular Hbond substituents is 1. The smallest absolute Gasteiger partial charge is 0.337 e. The summed E-state index contributed by atoms with van der Waals surface area (Å²) in [7, 11) is 0. The number of nitro benzene ring substituents is 1. The molecule has 11 heteroatoms. The van der Waals surface area contributed by atoms with Gasteiger partial charge in [-0.05, 0) is 39.8 Å². The molecule has 174 valence electrons. The lowest BCUT2D eigenvalue weighted by atomic mass is 9.90. The number of fused-ring (bicyclic) bond motifs is 1. The lowest BCUT2D eigenvalue weighted by Gasteiger charge is -2.34. The maximum Gasteiger partial charge on any atom is 0.337 e. The SMILES string of the molecule is CCOC(=O)C1=C(C(=O)c2cc([N+](=O)[O-])ccc2O)C=C2SC(C)=C(C)N2C1C(=O)OCC. The molecule has 0 bridgehead atoms. The van der Waals surface area contributed by atoms with Crippen molar-refractivity contribution in [2.45, 2.75) is 33.7 Å². The van der Waals surface area contributed by atoms with Crippen LogP contribution in [-0.4, -0.2) is 51.9 Å². The number of ketones is 1. The van der Waals surface area contributed by atoms with Crippen LogP contribution in [0.3, 0.4) is 0 Å². The number of non-ortho nitro benzene ring substituents is 1. The van der Waals surface area contributed by atoms with E-state index in [0.717, 1.165) is 23.1 Å². The third kappa shape index (κ3) is 4.36. The van der Waals surface area contributed by atoms with Crippen LogP contribution in [0.1, 0.15) is 38.1 Å². The molecule has 3 rings (SSSR count). The minimum Gasteiger partial charge on any atom is -0.507 e. The molecule has 0 saturated heterocycles. The van der Waals surface area contributed by atoms with Crippen molar-refractivity contribution in [2.24, 2.45) is 0 Å². The average molecular weight is 474 g/mol. The van der Waals surface area contributed by atoms with E-state index in [4.69, 9.17) is 9.47 Å². The van der Waals surface area contributed by atoms with Crippen molar-refractivity contribution in [3.8, 4) is 5.75 Å². The summed E-state index contributed by atoms with van der Waals surface area (Å²) in [4.78, 5) is 52.5. The van der Waals surface area contributed by atoms with E-state index in [0.29, 0.717) is 10.7 Å². The summed E-state index contributed by atoms with van der Waals surface area (Å²) in [5.41, 5.74) is -0.549. The van der Waals surface area contributed by atoms with Crippen molar-refractivity contribution in [1.29, 1.82) is 0 Å². The summed E-state index contributed by atoms with van der Waals surface area (Å²) in [6, 6.07) is 1.71. The van der Waals surface area contributed by atoms with Crippen molar-refractivity contribution in [1.82, 2.24) is 4.90 Å². The van der Waals surface area contributed by atoms with E-state index in [1.807, 2.05) is 6.92 Å². The van der Waals surface area contributed by atoms with Crippen molar-refractivity contribution in [2.75, 3.05) is 13.2 Å². The van der Waals surface area contributed by atoms with E-state index in [9.17, 15) is 29.6 Å². The Labute approximate surface area is 193 Å². The summed E-state index contributed by atoms with van der Waals surface area (Å²) in [5.74, 6) is -3.02. The molecule has 10 nitrogen and oxygen atoms in total. The van der Waals surface area contributed by atoms with Crippen LogP contribution < -0.4 is 0 Å². The second-order valence-corrected chi connectivity index (χ2v) is 8.32. The molecule has 1 unspecified atom stereocenters. The Hall–Kier alpha value is -3.60. The number of phenols is 1. The highest BCUT2D eigenvalue weighted by atomic mass is 32.2. The number of ether oxygens (including phenoxy) is 2. The minimum atomic E-state index is -1.30. The molecule has 0 spiro atoms. The topological polar surface area (TPSA) is 136 Å². The number of benzene rings is 1. The minimum absolute atomic E-state index is 0.0133. The number of hydrogen-bond donors (Lipinski definition) is 1. The third-order valence-electron chi connectivity index (χ3n) is 5.14. The van der Waals surface area contributed by atoms with Crippen LogP contribution in [0.25, 0.3) is 0 Å². The molecule has 2 aliphatic rings. The molecule has 2 aliphatic heterocycles. The zero-order valence-electron chi connectivity index (χ0n) is 18.4. The molecular weight excluding hydrogens is 452 g/mol. The van der Waals surface area contributed by atoms with Gasteiger partial charge >= 0.3 is 11.9 Å². The van der Waals surface area contributed by atoms with E-state index in [2.05, 4.69) is 0 Å². The van der Waals surface area contributed by atoms with Crippen LogP contribution in [0.2, 0.25) is 0 Å². The van der Waals surface area contributed by atoms with Gasteiger partial charge in [-0.2, -0.15) is 0 Å². The van der Waals surface area contributed by atoms with Gasteiger partial charge in [-0.3, -0.25) is 14.9 Å². The first kappa shape index (κ1) is 24.1. The quantitative estimate of drug-likeness (QED) is 0.271. The van der Waals surface area contributed by atoms with Crippen molar-refractivity contribution < 1.29 is 33.9 Å². The van der Waals surface area contributed by atoms with E-state index in [1.165, 1.54) is 17.8 Å². The predicted molar refractivity (Wildman–Crippen MR) is 119 cm³/mol. The highest BCUT2D eigenvalue weighted by molar-refractivity contribution is 8.06. The number of carbonyl (C=O) groups is 3. The van der Waals surface area contributed by atoms with Gasteiger partial charge in [-0.1, -0.05) is 11.8 Å². The molecule has 0 aliphatic carbocycles. The van der Waals surface area contributed by atoms with Crippen LogP contribution in [0.5, 0.6) is 5.75 Å². The Morgan fingerprint density at radius 2 is 1.85 bits per heavy atom. The Morgan fingerprint density at radius 3 is 2.45 bits per heavy atom. The van der Waals surface area contributed by atoms with Gasteiger partial charge in [0.2, 0.25) is 0 Å². The zero-order valence-corrected chi connectivity index (χ0v) is 19.2. The van der Waals surface area contributed by atoms with E-state index in [-0.39, 0.29) is 29.9 Å². The number of esters is 2. The van der Waals surface area contributed by atoms with Gasteiger partial charge in [-0.15, -0.1) is 0 Å². The van der Waals surface area contributed by atoms with Crippen molar-refractivity contribution in [3.05, 3.63) is 66.7 Å². The first-order chi connectivity index (χ1) is 15.6. The highest BCUT2D eigenvalue weighted by Crippen LogP contribution is 2.47. The number of Topliss-reactive ketones (excluding diaryl/α,β-unsaturated/α-hetero) is 1. The van der Waals surface area contributed by atoms with Crippen molar-refractivity contribution in [3.63, 3.8) is 0 Å². The van der Waals surface area contributed by atoms with Gasteiger partial charge in [0.1, 0.15) is 5.75 Å². The molecule has 0 amide bonds. The maximum atomic E-state index is 13.5. The van der Waals surface area contributed by atoms with Crippen LogP contribution in [0, 0.1) is 10.1 Å². The zero-order chi connectivity index (χ0) is 24.4. The molecule has 0 aromatic heterocycles. The van der Waals surface area contributed by atoms with Gasteiger partial charge < -0.3 is 19.5 Å². The Morgan fingerprint density at radius 1 is 1.18 bits per heavy atom. The van der Waals surface area contributed by atoms with Gasteiger partial charge in [0.15, 0.2) is 11.8 Å². The van der Waals surface area contributed by atoms with E-state index in [1.54, 1.807) is 25.7 Å². The molecule has 1 aromatic rings. The Bertz CT molecular complexity index is 1150. The molecule has 1 atom stereocenters. The number of nitro groups is 1. The lowest BCUT2D eigenvalue weighted by Crippen LogP contribution is -2.45. The van der Waals surface area contributed by atoms with Gasteiger partial charge in [-0.25, -0.2) is 9.59 Å². The monoisotopic (exact) mass is 474 g/mol. The number of allylic oxidation sites excluding steroid dienone is 4. The molecule has 33 heavy (non-hydrogen) atoms. The predicted octanol–water partition coefficient (Wildman–Crippen LogP) is 3.43. The molecule has 2 heterocycles. The fourth-order valence-corrected chi connectivity index (χ4v) is 4.62. The number of hydrogen-bond acceptors (Lipinski definition) is 10. The number of rotatable bonds is 7. The average Bonchev–Trinajstić information content (AvgIpc) is 3.05. The van der Waals surface area contributed by atoms with Crippen molar-refractivity contribution >= 4 is 35.2 Å². The molecular formula is C22H22N2O8S. The first-order valence-electron chi connectivity index (χ1n) is 10.1. The fourth-order valence-electron chi connectivity index (χ4n) is 3.54. The second kappa shape index (κ2) is 9.49. The van der Waals surface area contributed by atoms with E-state index >= 15 is 0 Å². The summed E-state index contributed by atoms with van der Waals surface area (Å²) in [6.45, 7) is 6.83. The third-order valence-corrected chi connectivity index (χ3v) is 6.27. The molecule has 1 aromatic carbocycles. The number of nitrogens with zero attached hydrogens (tertiary/aromatic N) is 2. The number of carbonyl (C=O) groups excluding carboxylic acids is 3.